The highest BCUT2D eigenvalue weighted by Gasteiger charge is 2.25. The number of nitrogens with zero attached hydrogens (tertiary/aromatic N) is 4. The van der Waals surface area contributed by atoms with Crippen molar-refractivity contribution in [1.29, 1.82) is 0 Å². The van der Waals surface area contributed by atoms with Crippen LogP contribution in [0.4, 0.5) is 16.3 Å². The number of hydrogen-bond donors (Lipinski definition) is 2. The molecule has 0 saturated carbocycles. The maximum Gasteiger partial charge on any atom is 0.324 e. The van der Waals surface area contributed by atoms with Crippen LogP contribution in [-0.2, 0) is 12.8 Å². The molecule has 2 N–H and O–H groups in total. The van der Waals surface area contributed by atoms with Crippen molar-refractivity contribution >= 4 is 23.1 Å². The van der Waals surface area contributed by atoms with Gasteiger partial charge in [0.15, 0.2) is 0 Å². The van der Waals surface area contributed by atoms with E-state index in [-0.39, 0.29) is 6.03 Å². The number of anilines is 2. The molecule has 7 heteroatoms. The van der Waals surface area contributed by atoms with Crippen LogP contribution in [0.15, 0.2) is 85.1 Å². The van der Waals surface area contributed by atoms with Gasteiger partial charge in [-0.05, 0) is 43.5 Å². The number of para-hydroxylation sites is 1. The fraction of sp³-hybridized carbons (Fsp3) is 0.115. The summed E-state index contributed by atoms with van der Waals surface area (Å²) in [6, 6.07) is 25.2. The fourth-order valence-electron chi connectivity index (χ4n) is 4.45. The Morgan fingerprint density at radius 3 is 2.39 bits per heavy atom. The second-order valence-electron chi connectivity index (χ2n) is 8.07. The number of hydrogen-bond acceptors (Lipinski definition) is 3. The van der Waals surface area contributed by atoms with E-state index in [1.807, 2.05) is 89.7 Å². The number of rotatable bonds is 4. The molecule has 0 aliphatic heterocycles. The largest absolute Gasteiger partial charge is 0.324 e. The molecule has 6 rings (SSSR count). The summed E-state index contributed by atoms with van der Waals surface area (Å²) in [5, 5.41) is 15.6. The Bertz CT molecular complexity index is 1450. The molecular formula is C26H22N6O. The maximum absolute atomic E-state index is 13.3. The van der Waals surface area contributed by atoms with Crippen LogP contribution in [-0.4, -0.2) is 25.4 Å². The highest BCUT2D eigenvalue weighted by atomic mass is 16.2. The van der Waals surface area contributed by atoms with Crippen molar-refractivity contribution in [3.63, 3.8) is 0 Å². The summed E-state index contributed by atoms with van der Waals surface area (Å²) in [4.78, 5) is 13.3. The first-order chi connectivity index (χ1) is 16.3. The molecule has 162 valence electrons. The molecule has 0 radical (unpaired) electrons. The molecule has 33 heavy (non-hydrogen) atoms. The van der Waals surface area contributed by atoms with E-state index in [0.717, 1.165) is 58.8 Å². The van der Waals surface area contributed by atoms with Crippen molar-refractivity contribution in [2.45, 2.75) is 19.3 Å². The molecule has 0 unspecified atom stereocenters. The van der Waals surface area contributed by atoms with Gasteiger partial charge in [-0.15, -0.1) is 0 Å². The van der Waals surface area contributed by atoms with Crippen molar-refractivity contribution < 1.29 is 4.79 Å². The topological polar surface area (TPSA) is 76.2 Å². The Hall–Kier alpha value is -4.39. The van der Waals surface area contributed by atoms with E-state index in [9.17, 15) is 4.79 Å². The van der Waals surface area contributed by atoms with Gasteiger partial charge in [0, 0.05) is 17.3 Å². The van der Waals surface area contributed by atoms with Crippen molar-refractivity contribution in [3.05, 3.63) is 96.3 Å². The van der Waals surface area contributed by atoms with E-state index >= 15 is 0 Å². The highest BCUT2D eigenvalue weighted by Crippen LogP contribution is 2.33. The summed E-state index contributed by atoms with van der Waals surface area (Å²) in [5.74, 6) is 0.726. The minimum Gasteiger partial charge on any atom is -0.304 e. The van der Waals surface area contributed by atoms with E-state index < -0.39 is 0 Å². The second kappa shape index (κ2) is 7.94. The lowest BCUT2D eigenvalue weighted by atomic mass is 10.1. The Labute approximate surface area is 190 Å². The molecule has 1 aliphatic carbocycles. The van der Waals surface area contributed by atoms with Gasteiger partial charge in [-0.2, -0.15) is 10.2 Å². The lowest BCUT2D eigenvalue weighted by Gasteiger charge is -2.12. The zero-order valence-electron chi connectivity index (χ0n) is 17.9. The van der Waals surface area contributed by atoms with Crippen LogP contribution in [0.2, 0.25) is 0 Å². The summed E-state index contributed by atoms with van der Waals surface area (Å²) in [6.45, 7) is 0. The normalized spacial score (nSPS) is 12.6. The maximum atomic E-state index is 13.3. The third-order valence-corrected chi connectivity index (χ3v) is 5.97. The van der Waals surface area contributed by atoms with Gasteiger partial charge in [0.25, 0.3) is 0 Å². The summed E-state index contributed by atoms with van der Waals surface area (Å²) in [7, 11) is 0. The lowest BCUT2D eigenvalue weighted by molar-refractivity contribution is 0.262. The monoisotopic (exact) mass is 434 g/mol. The van der Waals surface area contributed by atoms with Gasteiger partial charge in [-0.3, -0.25) is 5.32 Å². The number of carbonyl (C=O) groups excluding carboxylic acids is 1. The summed E-state index contributed by atoms with van der Waals surface area (Å²) < 4.78 is 3.61. The van der Waals surface area contributed by atoms with Crippen LogP contribution in [0, 0.1) is 0 Å². The first-order valence-corrected chi connectivity index (χ1v) is 11.0. The van der Waals surface area contributed by atoms with Crippen LogP contribution in [0.3, 0.4) is 0 Å². The Morgan fingerprint density at radius 2 is 1.58 bits per heavy atom. The van der Waals surface area contributed by atoms with Gasteiger partial charge in [0.05, 0.1) is 22.6 Å². The van der Waals surface area contributed by atoms with Gasteiger partial charge in [-0.1, -0.05) is 54.6 Å². The minimum atomic E-state index is -0.322. The van der Waals surface area contributed by atoms with Gasteiger partial charge >= 0.3 is 6.03 Å². The van der Waals surface area contributed by atoms with Gasteiger partial charge in [0.2, 0.25) is 0 Å². The first kappa shape index (κ1) is 19.3. The molecule has 0 saturated heterocycles. The van der Waals surface area contributed by atoms with Crippen molar-refractivity contribution in [3.8, 4) is 16.9 Å². The number of nitrogens with one attached hydrogen (secondary N) is 2. The van der Waals surface area contributed by atoms with Crippen molar-refractivity contribution in [2.75, 3.05) is 10.6 Å². The zero-order valence-corrected chi connectivity index (χ0v) is 17.9. The van der Waals surface area contributed by atoms with Crippen LogP contribution in [0.5, 0.6) is 0 Å². The van der Waals surface area contributed by atoms with E-state index in [0.29, 0.717) is 5.69 Å². The number of fused-ring (bicyclic) bond motifs is 2. The van der Waals surface area contributed by atoms with E-state index in [2.05, 4.69) is 10.6 Å². The molecule has 1 aliphatic rings. The SMILES string of the molecule is O=C(Nc1c(-c2ccccc2)nn2ccccc12)Nc1c2c(nn1-c1ccccc1)CCC2. The highest BCUT2D eigenvalue weighted by molar-refractivity contribution is 6.05. The predicted molar refractivity (Wildman–Crippen MR) is 129 cm³/mol. The van der Waals surface area contributed by atoms with E-state index in [4.69, 9.17) is 10.2 Å². The molecular weight excluding hydrogens is 412 g/mol. The van der Waals surface area contributed by atoms with Crippen molar-refractivity contribution in [1.82, 2.24) is 19.4 Å². The van der Waals surface area contributed by atoms with Crippen LogP contribution in [0.1, 0.15) is 17.7 Å². The molecule has 0 atom stereocenters. The molecule has 2 aromatic carbocycles. The number of benzene rings is 2. The number of urea groups is 1. The molecule has 3 aromatic heterocycles. The second-order valence-corrected chi connectivity index (χ2v) is 8.07. The standard InChI is InChI=1S/C26H22N6O/c33-26(28-25-20-14-9-15-21(20)29-32(25)19-12-5-2-6-13-19)27-24-22-16-7-8-17-31(22)30-23(24)18-10-3-1-4-11-18/h1-8,10-13,16-17H,9,14-15H2,(H2,27,28,33). The number of pyridine rings is 1. The van der Waals surface area contributed by atoms with E-state index in [1.165, 1.54) is 0 Å². The van der Waals surface area contributed by atoms with Crippen LogP contribution >= 0.6 is 0 Å². The summed E-state index contributed by atoms with van der Waals surface area (Å²) in [6.07, 6.45) is 4.76. The quantitative estimate of drug-likeness (QED) is 0.402. The third-order valence-electron chi connectivity index (χ3n) is 5.97. The molecule has 5 aromatic rings. The number of amides is 2. The molecule has 3 heterocycles. The number of aryl methyl sites for hydroxylation is 1. The molecule has 0 bridgehead atoms. The Balaban J connectivity index is 1.37. The predicted octanol–water partition coefficient (Wildman–Crippen LogP) is 5.32. The molecule has 7 nitrogen and oxygen atoms in total. The summed E-state index contributed by atoms with van der Waals surface area (Å²) in [5.41, 5.74) is 6.23. The molecule has 0 fully saturated rings. The van der Waals surface area contributed by atoms with E-state index in [1.54, 1.807) is 4.52 Å². The molecule has 0 spiro atoms. The Kier molecular flexibility index (Phi) is 4.65. The van der Waals surface area contributed by atoms with Gasteiger partial charge in [0.1, 0.15) is 11.5 Å². The summed E-state index contributed by atoms with van der Waals surface area (Å²) >= 11 is 0. The lowest BCUT2D eigenvalue weighted by Crippen LogP contribution is -2.22. The minimum absolute atomic E-state index is 0.322. The van der Waals surface area contributed by atoms with Gasteiger partial charge < -0.3 is 5.32 Å². The number of carbonyl (C=O) groups is 1. The fourth-order valence-corrected chi connectivity index (χ4v) is 4.45. The van der Waals surface area contributed by atoms with Crippen LogP contribution in [0.25, 0.3) is 22.5 Å². The zero-order chi connectivity index (χ0) is 22.2. The number of aromatic nitrogens is 4. The van der Waals surface area contributed by atoms with Crippen LogP contribution < -0.4 is 10.6 Å². The Morgan fingerprint density at radius 1 is 0.818 bits per heavy atom. The first-order valence-electron chi connectivity index (χ1n) is 11.0. The van der Waals surface area contributed by atoms with Crippen molar-refractivity contribution in [2.24, 2.45) is 0 Å². The van der Waals surface area contributed by atoms with Gasteiger partial charge in [-0.25, -0.2) is 14.0 Å². The average molecular weight is 435 g/mol. The molecule has 2 amide bonds. The smallest absolute Gasteiger partial charge is 0.304 e. The average Bonchev–Trinajstić information content (AvgIpc) is 3.55. The third kappa shape index (κ3) is 3.43.